The maximum Gasteiger partial charge on any atom is 0.272 e. The smallest absolute Gasteiger partial charge is 0.272 e. The van der Waals surface area contributed by atoms with Gasteiger partial charge in [-0.2, -0.15) is 0 Å². The minimum Gasteiger partial charge on any atom is -0.366 e. The second-order valence-electron chi connectivity index (χ2n) is 5.80. The third-order valence-corrected chi connectivity index (χ3v) is 4.12. The van der Waals surface area contributed by atoms with Gasteiger partial charge in [-0.25, -0.2) is 9.97 Å². The van der Waals surface area contributed by atoms with Gasteiger partial charge in [-0.1, -0.05) is 0 Å². The number of hydrogen-bond donors (Lipinski definition) is 1. The zero-order valence-electron chi connectivity index (χ0n) is 14.1. The highest BCUT2D eigenvalue weighted by Crippen LogP contribution is 2.11. The van der Waals surface area contributed by atoms with Gasteiger partial charge in [-0.3, -0.25) is 14.6 Å². The first-order chi connectivity index (χ1) is 12.1. The van der Waals surface area contributed by atoms with E-state index in [1.165, 1.54) is 6.33 Å². The van der Waals surface area contributed by atoms with E-state index in [-0.39, 0.29) is 11.8 Å². The van der Waals surface area contributed by atoms with Crippen molar-refractivity contribution >= 4 is 17.6 Å². The van der Waals surface area contributed by atoms with Gasteiger partial charge in [0.25, 0.3) is 5.91 Å². The highest BCUT2D eigenvalue weighted by atomic mass is 16.2. The Kier molecular flexibility index (Phi) is 5.17. The molecule has 1 aliphatic heterocycles. The maximum absolute atomic E-state index is 12.6. The molecule has 25 heavy (non-hydrogen) atoms. The Morgan fingerprint density at radius 2 is 1.76 bits per heavy atom. The first-order valence-electron chi connectivity index (χ1n) is 8.13. The molecule has 0 aliphatic carbocycles. The summed E-state index contributed by atoms with van der Waals surface area (Å²) in [4.78, 5) is 39.6. The average Bonchev–Trinajstić information content (AvgIpc) is 2.67. The summed E-state index contributed by atoms with van der Waals surface area (Å²) in [6.45, 7) is 4.27. The topological polar surface area (TPSA) is 91.3 Å². The molecule has 0 saturated carbocycles. The van der Waals surface area contributed by atoms with Crippen LogP contribution in [-0.4, -0.2) is 62.7 Å². The van der Waals surface area contributed by atoms with E-state index in [9.17, 15) is 9.59 Å². The molecule has 1 aliphatic rings. The minimum absolute atomic E-state index is 0.0386. The largest absolute Gasteiger partial charge is 0.366 e. The second kappa shape index (κ2) is 7.69. The molecule has 1 fully saturated rings. The Balaban J connectivity index is 1.61. The number of carbonyl (C=O) groups excluding carboxylic acids is 2. The number of amides is 2. The normalized spacial score (nSPS) is 14.3. The molecule has 0 unspecified atom stereocenters. The Morgan fingerprint density at radius 1 is 1.08 bits per heavy atom. The van der Waals surface area contributed by atoms with Crippen molar-refractivity contribution in [3.8, 4) is 0 Å². The van der Waals surface area contributed by atoms with Crippen molar-refractivity contribution < 1.29 is 9.59 Å². The molecule has 1 N–H and O–H groups in total. The quantitative estimate of drug-likeness (QED) is 0.885. The lowest BCUT2D eigenvalue weighted by Crippen LogP contribution is -2.50. The molecule has 0 aromatic carbocycles. The number of pyridine rings is 1. The van der Waals surface area contributed by atoms with Crippen molar-refractivity contribution in [2.75, 3.05) is 31.5 Å². The van der Waals surface area contributed by atoms with E-state index < -0.39 is 0 Å². The van der Waals surface area contributed by atoms with Crippen LogP contribution >= 0.6 is 0 Å². The van der Waals surface area contributed by atoms with Gasteiger partial charge in [0, 0.05) is 58.1 Å². The van der Waals surface area contributed by atoms with E-state index in [0.29, 0.717) is 44.2 Å². The van der Waals surface area contributed by atoms with Gasteiger partial charge in [-0.05, 0) is 17.7 Å². The van der Waals surface area contributed by atoms with Crippen LogP contribution in [0.1, 0.15) is 23.0 Å². The van der Waals surface area contributed by atoms with Crippen LogP contribution in [0.5, 0.6) is 0 Å². The molecule has 130 valence electrons. The molecule has 2 amide bonds. The van der Waals surface area contributed by atoms with Crippen LogP contribution in [0.2, 0.25) is 0 Å². The van der Waals surface area contributed by atoms with Gasteiger partial charge in [0.05, 0.1) is 0 Å². The number of anilines is 1. The van der Waals surface area contributed by atoms with E-state index >= 15 is 0 Å². The third kappa shape index (κ3) is 4.28. The van der Waals surface area contributed by atoms with Crippen molar-refractivity contribution in [1.82, 2.24) is 24.8 Å². The van der Waals surface area contributed by atoms with Crippen molar-refractivity contribution in [3.63, 3.8) is 0 Å². The van der Waals surface area contributed by atoms with Crippen LogP contribution in [-0.2, 0) is 11.3 Å². The van der Waals surface area contributed by atoms with Crippen LogP contribution in [0, 0.1) is 0 Å². The highest BCUT2D eigenvalue weighted by Gasteiger charge is 2.24. The summed E-state index contributed by atoms with van der Waals surface area (Å²) in [6, 6.07) is 5.48. The van der Waals surface area contributed by atoms with Gasteiger partial charge in [0.1, 0.15) is 17.8 Å². The Labute approximate surface area is 145 Å². The molecule has 0 spiro atoms. The standard InChI is InChI=1S/C17H20N6O2/c1-13(24)22-6-8-23(9-7-22)17(25)15-10-16(21-12-20-15)19-11-14-2-4-18-5-3-14/h2-5,10,12H,6-9,11H2,1H3,(H,19,20,21). The minimum atomic E-state index is -0.141. The van der Waals surface area contributed by atoms with Crippen molar-refractivity contribution in [3.05, 3.63) is 48.2 Å². The predicted octanol–water partition coefficient (Wildman–Crippen LogP) is 0.788. The molecule has 1 saturated heterocycles. The molecule has 0 bridgehead atoms. The van der Waals surface area contributed by atoms with Gasteiger partial charge in [-0.15, -0.1) is 0 Å². The molecular formula is C17H20N6O2. The molecule has 0 radical (unpaired) electrons. The number of aromatic nitrogens is 3. The molecule has 3 rings (SSSR count). The summed E-state index contributed by atoms with van der Waals surface area (Å²) in [5.74, 6) is 0.492. The lowest BCUT2D eigenvalue weighted by molar-refractivity contribution is -0.130. The SMILES string of the molecule is CC(=O)N1CCN(C(=O)c2cc(NCc3ccncc3)ncn2)CC1. The summed E-state index contributed by atoms with van der Waals surface area (Å²) >= 11 is 0. The van der Waals surface area contributed by atoms with Crippen LogP contribution in [0.15, 0.2) is 36.9 Å². The predicted molar refractivity (Wildman–Crippen MR) is 91.8 cm³/mol. The average molecular weight is 340 g/mol. The number of piperazine rings is 1. The van der Waals surface area contributed by atoms with E-state index in [2.05, 4.69) is 20.3 Å². The fourth-order valence-electron chi connectivity index (χ4n) is 2.65. The van der Waals surface area contributed by atoms with E-state index in [4.69, 9.17) is 0 Å². The summed E-state index contributed by atoms with van der Waals surface area (Å²) in [5, 5.41) is 3.18. The second-order valence-corrected chi connectivity index (χ2v) is 5.80. The number of rotatable bonds is 4. The van der Waals surface area contributed by atoms with E-state index in [1.54, 1.807) is 35.2 Å². The Morgan fingerprint density at radius 3 is 2.44 bits per heavy atom. The first kappa shape index (κ1) is 16.8. The number of carbonyl (C=O) groups is 2. The molecule has 8 heteroatoms. The Hall–Kier alpha value is -3.03. The van der Waals surface area contributed by atoms with Crippen molar-refractivity contribution in [2.24, 2.45) is 0 Å². The van der Waals surface area contributed by atoms with Crippen LogP contribution in [0.3, 0.4) is 0 Å². The zero-order valence-corrected chi connectivity index (χ0v) is 14.1. The van der Waals surface area contributed by atoms with Gasteiger partial charge >= 0.3 is 0 Å². The zero-order chi connectivity index (χ0) is 17.6. The number of nitrogens with one attached hydrogen (secondary N) is 1. The number of nitrogens with zero attached hydrogens (tertiary/aromatic N) is 5. The molecule has 2 aromatic rings. The van der Waals surface area contributed by atoms with Gasteiger partial charge < -0.3 is 15.1 Å². The van der Waals surface area contributed by atoms with Crippen molar-refractivity contribution in [2.45, 2.75) is 13.5 Å². The first-order valence-corrected chi connectivity index (χ1v) is 8.13. The third-order valence-electron chi connectivity index (χ3n) is 4.12. The number of hydrogen-bond acceptors (Lipinski definition) is 6. The molecule has 3 heterocycles. The van der Waals surface area contributed by atoms with Gasteiger partial charge in [0.15, 0.2) is 0 Å². The molecule has 2 aromatic heterocycles. The monoisotopic (exact) mass is 340 g/mol. The van der Waals surface area contributed by atoms with E-state index in [0.717, 1.165) is 5.56 Å². The fourth-order valence-corrected chi connectivity index (χ4v) is 2.65. The van der Waals surface area contributed by atoms with Crippen LogP contribution in [0.25, 0.3) is 0 Å². The summed E-state index contributed by atoms with van der Waals surface area (Å²) in [7, 11) is 0. The van der Waals surface area contributed by atoms with Gasteiger partial charge in [0.2, 0.25) is 5.91 Å². The Bertz CT molecular complexity index is 744. The molecule has 0 atom stereocenters. The van der Waals surface area contributed by atoms with Crippen LogP contribution < -0.4 is 5.32 Å². The van der Waals surface area contributed by atoms with Crippen LogP contribution in [0.4, 0.5) is 5.82 Å². The fraction of sp³-hybridized carbons (Fsp3) is 0.353. The van der Waals surface area contributed by atoms with E-state index in [1.807, 2.05) is 12.1 Å². The molecular weight excluding hydrogens is 320 g/mol. The summed E-state index contributed by atoms with van der Waals surface area (Å²) in [5.41, 5.74) is 1.42. The lowest BCUT2D eigenvalue weighted by atomic mass is 10.2. The maximum atomic E-state index is 12.6. The summed E-state index contributed by atoms with van der Waals surface area (Å²) < 4.78 is 0. The highest BCUT2D eigenvalue weighted by molar-refractivity contribution is 5.93. The molecule has 8 nitrogen and oxygen atoms in total. The lowest BCUT2D eigenvalue weighted by Gasteiger charge is -2.34. The summed E-state index contributed by atoms with van der Waals surface area (Å²) in [6.07, 6.45) is 4.84. The van der Waals surface area contributed by atoms with Crippen molar-refractivity contribution in [1.29, 1.82) is 0 Å².